The highest BCUT2D eigenvalue weighted by Crippen LogP contribution is 2.65. The van der Waals surface area contributed by atoms with Crippen LogP contribution in [-0.2, 0) is 16.2 Å². The summed E-state index contributed by atoms with van der Waals surface area (Å²) in [7, 11) is 0. The third-order valence-electron chi connectivity index (χ3n) is 17.2. The molecule has 0 unspecified atom stereocenters. The standard InChI is InChI=1S/C71H51NS/c1-69(2)59-26-12-9-23-53(59)55-41-38-52(45-65(55)69)72(51-39-42-68-58(44-51)57-25-11-18-32-67(57)73-68)50-36-33-46(34-37-50)47-35-40-56-54-24-10-13-27-60(54)71(66(56)43-47)63-30-16-14-28-61(63)70(48-19-5-3-6-20-48,49-21-7-4-8-22-49)62-29-15-17-31-64(62)71/h3-11,13-25,27-45H,12,26H2,1-2H3. The van der Waals surface area contributed by atoms with Crippen LogP contribution in [0.25, 0.3) is 48.0 Å². The average molecular weight is 950 g/mol. The van der Waals surface area contributed by atoms with E-state index in [-0.39, 0.29) is 5.41 Å². The normalized spacial score (nSPS) is 15.9. The summed E-state index contributed by atoms with van der Waals surface area (Å²) in [6, 6.07) is 89.9. The highest BCUT2D eigenvalue weighted by molar-refractivity contribution is 7.25. The molecule has 0 saturated heterocycles. The zero-order valence-electron chi connectivity index (χ0n) is 40.9. The van der Waals surface area contributed by atoms with Gasteiger partial charge >= 0.3 is 0 Å². The molecule has 1 spiro atoms. The summed E-state index contributed by atoms with van der Waals surface area (Å²) in [6.07, 6.45) is 6.94. The first-order chi connectivity index (χ1) is 36.0. The molecule has 0 saturated carbocycles. The van der Waals surface area contributed by atoms with Crippen LogP contribution in [0.1, 0.15) is 82.3 Å². The Kier molecular flexibility index (Phi) is 9.20. The minimum atomic E-state index is -0.561. The fraction of sp³-hybridized carbons (Fsp3) is 0.0986. The Bertz CT molecular complexity index is 4020. The predicted molar refractivity (Wildman–Crippen MR) is 307 cm³/mol. The first-order valence-electron chi connectivity index (χ1n) is 25.9. The van der Waals surface area contributed by atoms with Crippen LogP contribution in [-0.4, -0.2) is 0 Å². The zero-order valence-corrected chi connectivity index (χ0v) is 41.8. The molecule has 1 aromatic heterocycles. The van der Waals surface area contributed by atoms with Gasteiger partial charge in [-0.05, 0) is 151 Å². The molecule has 10 aromatic carbocycles. The molecule has 73 heavy (non-hydrogen) atoms. The number of thiophene rings is 1. The number of fused-ring (bicyclic) bond motifs is 14. The SMILES string of the molecule is CC1(C)C2=C(C=CCC2)c2ccc(N(c3ccc(-c4ccc5c(c4)C4(c6ccccc6-5)c5ccccc5C(c5ccccc5)(c5ccccc5)c5ccccc54)cc3)c3ccc4sc5ccccc5c4c3)cc21. The Morgan fingerprint density at radius 3 is 1.63 bits per heavy atom. The van der Waals surface area contributed by atoms with E-state index in [0.717, 1.165) is 24.2 Å². The van der Waals surface area contributed by atoms with E-state index in [0.29, 0.717) is 0 Å². The molecule has 0 aliphatic heterocycles. The van der Waals surface area contributed by atoms with Crippen molar-refractivity contribution >= 4 is 54.1 Å². The minimum absolute atomic E-state index is 0.0387. The van der Waals surface area contributed by atoms with E-state index in [9.17, 15) is 0 Å². The molecular weight excluding hydrogens is 899 g/mol. The molecule has 4 aliphatic carbocycles. The third-order valence-corrected chi connectivity index (χ3v) is 18.3. The van der Waals surface area contributed by atoms with Gasteiger partial charge in [0.05, 0.1) is 10.8 Å². The Hall–Kier alpha value is -8.30. The van der Waals surface area contributed by atoms with Crippen LogP contribution in [0.2, 0.25) is 0 Å². The molecule has 11 aromatic rings. The molecule has 0 radical (unpaired) electrons. The molecule has 1 nitrogen and oxygen atoms in total. The molecule has 0 bridgehead atoms. The van der Waals surface area contributed by atoms with Crippen LogP contribution in [0.5, 0.6) is 0 Å². The maximum atomic E-state index is 2.52. The molecule has 1 heterocycles. The summed E-state index contributed by atoms with van der Waals surface area (Å²) in [5.74, 6) is 0. The van der Waals surface area contributed by atoms with E-state index < -0.39 is 10.8 Å². The van der Waals surface area contributed by atoms with Crippen molar-refractivity contribution in [3.8, 4) is 22.3 Å². The smallest absolute Gasteiger partial charge is 0.0720 e. The average Bonchev–Trinajstić information content (AvgIpc) is 4.05. The van der Waals surface area contributed by atoms with Crippen LogP contribution < -0.4 is 4.90 Å². The molecule has 4 aliphatic rings. The predicted octanol–water partition coefficient (Wildman–Crippen LogP) is 18.6. The fourth-order valence-electron chi connectivity index (χ4n) is 14.0. The first kappa shape index (κ1) is 42.4. The quantitative estimate of drug-likeness (QED) is 0.161. The van der Waals surface area contributed by atoms with Gasteiger partial charge in [0.15, 0.2) is 0 Å². The molecule has 2 heteroatoms. The van der Waals surface area contributed by atoms with Crippen LogP contribution in [0.3, 0.4) is 0 Å². The lowest BCUT2D eigenvalue weighted by molar-refractivity contribution is 0.607. The van der Waals surface area contributed by atoms with E-state index >= 15 is 0 Å². The Balaban J connectivity index is 0.906. The van der Waals surface area contributed by atoms with E-state index in [4.69, 9.17) is 0 Å². The maximum absolute atomic E-state index is 2.52. The van der Waals surface area contributed by atoms with Gasteiger partial charge in [0.25, 0.3) is 0 Å². The van der Waals surface area contributed by atoms with Crippen molar-refractivity contribution in [2.75, 3.05) is 4.90 Å². The second-order valence-electron chi connectivity index (χ2n) is 21.0. The fourth-order valence-corrected chi connectivity index (χ4v) is 15.1. The largest absolute Gasteiger partial charge is 0.310 e. The number of hydrogen-bond donors (Lipinski definition) is 0. The number of hydrogen-bond acceptors (Lipinski definition) is 2. The van der Waals surface area contributed by atoms with E-state index in [1.165, 1.54) is 109 Å². The van der Waals surface area contributed by atoms with Crippen molar-refractivity contribution in [3.63, 3.8) is 0 Å². The lowest BCUT2D eigenvalue weighted by Crippen LogP contribution is -2.44. The van der Waals surface area contributed by atoms with Gasteiger partial charge < -0.3 is 4.90 Å². The van der Waals surface area contributed by atoms with Crippen LogP contribution in [0, 0.1) is 0 Å². The van der Waals surface area contributed by atoms with Crippen molar-refractivity contribution in [1.29, 1.82) is 0 Å². The lowest BCUT2D eigenvalue weighted by atomic mass is 9.51. The summed E-state index contributed by atoms with van der Waals surface area (Å²) >= 11 is 1.87. The number of nitrogens with zero attached hydrogens (tertiary/aromatic N) is 1. The highest BCUT2D eigenvalue weighted by atomic mass is 32.1. The van der Waals surface area contributed by atoms with Crippen LogP contribution in [0.15, 0.2) is 254 Å². The summed E-state index contributed by atoms with van der Waals surface area (Å²) in [6.45, 7) is 4.85. The monoisotopic (exact) mass is 949 g/mol. The lowest BCUT2D eigenvalue weighted by Gasteiger charge is -2.50. The van der Waals surface area contributed by atoms with Gasteiger partial charge in [-0.25, -0.2) is 0 Å². The van der Waals surface area contributed by atoms with E-state index in [2.05, 4.69) is 267 Å². The Morgan fingerprint density at radius 2 is 0.918 bits per heavy atom. The first-order valence-corrected chi connectivity index (χ1v) is 26.7. The highest BCUT2D eigenvalue weighted by Gasteiger charge is 2.56. The zero-order chi connectivity index (χ0) is 48.5. The van der Waals surface area contributed by atoms with Crippen molar-refractivity contribution < 1.29 is 0 Å². The minimum Gasteiger partial charge on any atom is -0.310 e. The molecular formula is C71H51NS. The van der Waals surface area contributed by atoms with Crippen molar-refractivity contribution in [2.45, 2.75) is 42.9 Å². The van der Waals surface area contributed by atoms with Crippen molar-refractivity contribution in [2.24, 2.45) is 0 Å². The Morgan fingerprint density at radius 1 is 0.384 bits per heavy atom. The van der Waals surface area contributed by atoms with Gasteiger partial charge in [-0.1, -0.05) is 214 Å². The summed E-state index contributed by atoms with van der Waals surface area (Å²) < 4.78 is 2.63. The van der Waals surface area contributed by atoms with Crippen molar-refractivity contribution in [1.82, 2.24) is 0 Å². The maximum Gasteiger partial charge on any atom is 0.0720 e. The summed E-state index contributed by atoms with van der Waals surface area (Å²) in [5, 5.41) is 2.61. The number of rotatable bonds is 6. The number of anilines is 3. The molecule has 0 N–H and O–H groups in total. The topological polar surface area (TPSA) is 3.24 Å². The summed E-state index contributed by atoms with van der Waals surface area (Å²) in [4.78, 5) is 2.48. The number of allylic oxidation sites excluding steroid dienone is 4. The van der Waals surface area contributed by atoms with E-state index in [1.807, 2.05) is 11.3 Å². The molecule has 0 atom stereocenters. The molecule has 346 valence electrons. The van der Waals surface area contributed by atoms with Gasteiger partial charge in [0.2, 0.25) is 0 Å². The second-order valence-corrected chi connectivity index (χ2v) is 22.1. The van der Waals surface area contributed by atoms with Gasteiger partial charge in [0.1, 0.15) is 0 Å². The van der Waals surface area contributed by atoms with E-state index in [1.54, 1.807) is 5.57 Å². The Labute approximate surface area is 431 Å². The van der Waals surface area contributed by atoms with Crippen LogP contribution in [0.4, 0.5) is 17.1 Å². The second kappa shape index (κ2) is 15.8. The third kappa shape index (κ3) is 5.84. The van der Waals surface area contributed by atoms with Gasteiger partial charge in [0, 0.05) is 42.6 Å². The van der Waals surface area contributed by atoms with Crippen molar-refractivity contribution in [3.05, 3.63) is 310 Å². The molecule has 0 fully saturated rings. The van der Waals surface area contributed by atoms with Gasteiger partial charge in [-0.2, -0.15) is 0 Å². The van der Waals surface area contributed by atoms with Gasteiger partial charge in [-0.3, -0.25) is 0 Å². The van der Waals surface area contributed by atoms with Crippen LogP contribution >= 0.6 is 11.3 Å². The summed E-state index contributed by atoms with van der Waals surface area (Å²) in [5.41, 5.74) is 23.6. The molecule has 15 rings (SSSR count). The molecule has 0 amide bonds. The van der Waals surface area contributed by atoms with Gasteiger partial charge in [-0.15, -0.1) is 11.3 Å². The number of benzene rings is 10.